The Hall–Kier alpha value is -0.730. The normalized spacial score (nSPS) is 16.7. The first kappa shape index (κ1) is 14.7. The average Bonchev–Trinajstić information content (AvgIpc) is 3.09. The van der Waals surface area contributed by atoms with Crippen LogP contribution in [0.2, 0.25) is 5.02 Å². The summed E-state index contributed by atoms with van der Waals surface area (Å²) < 4.78 is 0. The van der Waals surface area contributed by atoms with Crippen LogP contribution in [0, 0.1) is 5.92 Å². The summed E-state index contributed by atoms with van der Waals surface area (Å²) in [5.74, 6) is 0.653. The molecule has 3 heteroatoms. The Morgan fingerprint density at radius 2 is 2.00 bits per heavy atom. The molecule has 0 heterocycles. The fourth-order valence-electron chi connectivity index (χ4n) is 2.51. The smallest absolute Gasteiger partial charge is 0.0642 e. The number of rotatable bonds is 6. The van der Waals surface area contributed by atoms with Gasteiger partial charge in [-0.05, 0) is 49.8 Å². The molecule has 1 aromatic carbocycles. The van der Waals surface area contributed by atoms with Gasteiger partial charge in [0.1, 0.15) is 0 Å². The molecule has 1 unspecified atom stereocenters. The van der Waals surface area contributed by atoms with Crippen molar-refractivity contribution in [1.29, 1.82) is 0 Å². The van der Waals surface area contributed by atoms with E-state index in [-0.39, 0.29) is 6.04 Å². The van der Waals surface area contributed by atoms with Gasteiger partial charge in [0.2, 0.25) is 0 Å². The van der Waals surface area contributed by atoms with E-state index in [0.29, 0.717) is 12.0 Å². The van der Waals surface area contributed by atoms with Crippen molar-refractivity contribution in [3.8, 4) is 0 Å². The molecule has 1 aromatic rings. The van der Waals surface area contributed by atoms with E-state index in [1.165, 1.54) is 24.1 Å². The molecule has 1 saturated carbocycles. The maximum absolute atomic E-state index is 6.48. The molecule has 0 saturated heterocycles. The highest BCUT2D eigenvalue weighted by molar-refractivity contribution is 6.33. The van der Waals surface area contributed by atoms with Crippen molar-refractivity contribution < 1.29 is 0 Å². The van der Waals surface area contributed by atoms with Crippen LogP contribution in [0.15, 0.2) is 18.2 Å². The fourth-order valence-corrected chi connectivity index (χ4v) is 2.82. The number of hydrogen-bond donors (Lipinski definition) is 1. The Morgan fingerprint density at radius 3 is 2.47 bits per heavy atom. The molecule has 106 valence electrons. The van der Waals surface area contributed by atoms with Crippen molar-refractivity contribution in [2.24, 2.45) is 11.7 Å². The second-order valence-electron chi connectivity index (χ2n) is 6.24. The third-order valence-corrected chi connectivity index (χ3v) is 3.73. The topological polar surface area (TPSA) is 29.3 Å². The molecule has 0 bridgehead atoms. The second-order valence-corrected chi connectivity index (χ2v) is 6.65. The van der Waals surface area contributed by atoms with E-state index in [1.807, 2.05) is 6.92 Å². The Bertz CT molecular complexity index is 425. The molecule has 0 aliphatic heterocycles. The van der Waals surface area contributed by atoms with E-state index in [9.17, 15) is 0 Å². The largest absolute Gasteiger partial charge is 0.367 e. The van der Waals surface area contributed by atoms with Gasteiger partial charge < -0.3 is 10.6 Å². The molecule has 0 radical (unpaired) electrons. The minimum absolute atomic E-state index is 0.178. The van der Waals surface area contributed by atoms with Crippen LogP contribution in [-0.4, -0.2) is 18.6 Å². The van der Waals surface area contributed by atoms with Gasteiger partial charge in [-0.25, -0.2) is 0 Å². The minimum Gasteiger partial charge on any atom is -0.367 e. The SMILES string of the molecule is CC(C)CN(c1ccc(CC(C)N)cc1Cl)C1CC1. The zero-order valence-electron chi connectivity index (χ0n) is 12.2. The molecule has 1 aliphatic carbocycles. The van der Waals surface area contributed by atoms with Crippen LogP contribution < -0.4 is 10.6 Å². The first-order valence-corrected chi connectivity index (χ1v) is 7.65. The van der Waals surface area contributed by atoms with Gasteiger partial charge in [-0.1, -0.05) is 31.5 Å². The molecule has 19 heavy (non-hydrogen) atoms. The van der Waals surface area contributed by atoms with Crippen LogP contribution in [0.4, 0.5) is 5.69 Å². The lowest BCUT2D eigenvalue weighted by molar-refractivity contribution is 0.607. The van der Waals surface area contributed by atoms with E-state index >= 15 is 0 Å². The third-order valence-electron chi connectivity index (χ3n) is 3.43. The predicted octanol–water partition coefficient (Wildman–Crippen LogP) is 3.85. The number of halogens is 1. The molecule has 2 nitrogen and oxygen atoms in total. The summed E-state index contributed by atoms with van der Waals surface area (Å²) in [6, 6.07) is 7.29. The van der Waals surface area contributed by atoms with Crippen molar-refractivity contribution >= 4 is 17.3 Å². The molecule has 1 fully saturated rings. The Kier molecular flexibility index (Phi) is 4.75. The molecule has 0 aromatic heterocycles. The summed E-state index contributed by atoms with van der Waals surface area (Å²) >= 11 is 6.48. The summed E-state index contributed by atoms with van der Waals surface area (Å²) in [4.78, 5) is 2.47. The predicted molar refractivity (Wildman–Crippen MR) is 84.0 cm³/mol. The number of hydrogen-bond acceptors (Lipinski definition) is 2. The fraction of sp³-hybridized carbons (Fsp3) is 0.625. The lowest BCUT2D eigenvalue weighted by Gasteiger charge is -2.28. The maximum Gasteiger partial charge on any atom is 0.0642 e. The molecular formula is C16H25ClN2. The van der Waals surface area contributed by atoms with E-state index in [1.54, 1.807) is 0 Å². The molecule has 2 N–H and O–H groups in total. The van der Waals surface area contributed by atoms with E-state index in [4.69, 9.17) is 17.3 Å². The van der Waals surface area contributed by atoms with Gasteiger partial charge in [0.25, 0.3) is 0 Å². The first-order valence-electron chi connectivity index (χ1n) is 7.28. The van der Waals surface area contributed by atoms with Gasteiger partial charge in [0.15, 0.2) is 0 Å². The summed E-state index contributed by atoms with van der Waals surface area (Å²) in [6.07, 6.45) is 3.48. The Balaban J connectivity index is 2.18. The van der Waals surface area contributed by atoms with E-state index in [0.717, 1.165) is 18.0 Å². The Morgan fingerprint density at radius 1 is 1.32 bits per heavy atom. The van der Waals surface area contributed by atoms with Crippen molar-refractivity contribution in [2.75, 3.05) is 11.4 Å². The summed E-state index contributed by atoms with van der Waals surface area (Å²) in [5.41, 5.74) is 8.26. The standard InChI is InChI=1S/C16H25ClN2/c1-11(2)10-19(14-5-6-14)16-7-4-13(8-12(3)18)9-15(16)17/h4,7,9,11-12,14H,5-6,8,10,18H2,1-3H3. The summed E-state index contributed by atoms with van der Waals surface area (Å²) in [5, 5.41) is 0.866. The number of benzene rings is 1. The van der Waals surface area contributed by atoms with E-state index in [2.05, 4.69) is 36.9 Å². The maximum atomic E-state index is 6.48. The average molecular weight is 281 g/mol. The van der Waals surface area contributed by atoms with Gasteiger partial charge in [-0.2, -0.15) is 0 Å². The molecule has 0 amide bonds. The third kappa shape index (κ3) is 4.12. The van der Waals surface area contributed by atoms with Crippen molar-refractivity contribution in [2.45, 2.75) is 52.1 Å². The van der Waals surface area contributed by atoms with Gasteiger partial charge in [-0.3, -0.25) is 0 Å². The van der Waals surface area contributed by atoms with E-state index < -0.39 is 0 Å². The molecule has 1 atom stereocenters. The van der Waals surface area contributed by atoms with Crippen molar-refractivity contribution in [1.82, 2.24) is 0 Å². The zero-order chi connectivity index (χ0) is 14.0. The number of nitrogens with zero attached hydrogens (tertiary/aromatic N) is 1. The summed E-state index contributed by atoms with van der Waals surface area (Å²) in [7, 11) is 0. The zero-order valence-corrected chi connectivity index (χ0v) is 13.0. The van der Waals surface area contributed by atoms with Crippen LogP contribution in [-0.2, 0) is 6.42 Å². The number of nitrogens with two attached hydrogens (primary N) is 1. The van der Waals surface area contributed by atoms with Crippen LogP contribution >= 0.6 is 11.6 Å². The van der Waals surface area contributed by atoms with Crippen LogP contribution in [0.1, 0.15) is 39.2 Å². The van der Waals surface area contributed by atoms with Crippen molar-refractivity contribution in [3.05, 3.63) is 28.8 Å². The molecule has 0 spiro atoms. The monoisotopic (exact) mass is 280 g/mol. The minimum atomic E-state index is 0.178. The van der Waals surface area contributed by atoms with Gasteiger partial charge in [0.05, 0.1) is 10.7 Å². The van der Waals surface area contributed by atoms with Crippen LogP contribution in [0.3, 0.4) is 0 Å². The second kappa shape index (κ2) is 6.15. The Labute approximate surface area is 121 Å². The molecular weight excluding hydrogens is 256 g/mol. The molecule has 2 rings (SSSR count). The first-order chi connectivity index (χ1) is 8.97. The number of anilines is 1. The van der Waals surface area contributed by atoms with Crippen LogP contribution in [0.25, 0.3) is 0 Å². The van der Waals surface area contributed by atoms with Gasteiger partial charge in [-0.15, -0.1) is 0 Å². The van der Waals surface area contributed by atoms with Gasteiger partial charge in [0, 0.05) is 18.6 Å². The van der Waals surface area contributed by atoms with Crippen LogP contribution in [0.5, 0.6) is 0 Å². The van der Waals surface area contributed by atoms with Gasteiger partial charge >= 0.3 is 0 Å². The highest BCUT2D eigenvalue weighted by Gasteiger charge is 2.30. The van der Waals surface area contributed by atoms with Crippen molar-refractivity contribution in [3.63, 3.8) is 0 Å². The molecule has 1 aliphatic rings. The quantitative estimate of drug-likeness (QED) is 0.857. The highest BCUT2D eigenvalue weighted by atomic mass is 35.5. The highest BCUT2D eigenvalue weighted by Crippen LogP contribution is 2.36. The lowest BCUT2D eigenvalue weighted by atomic mass is 10.1. The summed E-state index contributed by atoms with van der Waals surface area (Å²) in [6.45, 7) is 7.62. The lowest BCUT2D eigenvalue weighted by Crippen LogP contribution is -2.30.